The first kappa shape index (κ1) is 17.3. The van der Waals surface area contributed by atoms with Gasteiger partial charge in [0.2, 0.25) is 6.54 Å². The van der Waals surface area contributed by atoms with Gasteiger partial charge in [0, 0.05) is 21.2 Å². The maximum atomic E-state index is 11.6. The first-order valence-electron chi connectivity index (χ1n) is 9.21. The molecule has 0 amide bonds. The maximum absolute atomic E-state index is 11.6. The SMILES string of the molecule is CC1([C@@H](C[N+](=O)[O-])c2c(-c3ccccc3)[nH]c3ccccc23)C=CC=CC1. The van der Waals surface area contributed by atoms with Gasteiger partial charge in [-0.05, 0) is 23.6 Å². The molecule has 0 saturated carbocycles. The van der Waals surface area contributed by atoms with E-state index in [1.54, 1.807) is 0 Å². The normalized spacial score (nSPS) is 20.0. The number of rotatable bonds is 5. The van der Waals surface area contributed by atoms with E-state index in [4.69, 9.17) is 0 Å². The fourth-order valence-electron chi connectivity index (χ4n) is 4.14. The summed E-state index contributed by atoms with van der Waals surface area (Å²) < 4.78 is 0. The Labute approximate surface area is 158 Å². The monoisotopic (exact) mass is 358 g/mol. The molecule has 4 rings (SSSR count). The molecule has 0 fully saturated rings. The summed E-state index contributed by atoms with van der Waals surface area (Å²) in [4.78, 5) is 15.0. The van der Waals surface area contributed by atoms with Gasteiger partial charge in [-0.2, -0.15) is 0 Å². The maximum Gasteiger partial charge on any atom is 0.211 e. The van der Waals surface area contributed by atoms with Crippen molar-refractivity contribution in [3.63, 3.8) is 0 Å². The lowest BCUT2D eigenvalue weighted by Crippen LogP contribution is -2.30. The Morgan fingerprint density at radius 3 is 2.56 bits per heavy atom. The molecule has 0 aliphatic heterocycles. The third kappa shape index (κ3) is 3.19. The van der Waals surface area contributed by atoms with Crippen molar-refractivity contribution in [3.05, 3.63) is 94.6 Å². The van der Waals surface area contributed by atoms with E-state index in [0.717, 1.165) is 34.1 Å². The molecule has 4 nitrogen and oxygen atoms in total. The summed E-state index contributed by atoms with van der Waals surface area (Å²) in [6, 6.07) is 18.2. The number of benzene rings is 2. The molecule has 1 unspecified atom stereocenters. The molecule has 0 bridgehead atoms. The average molecular weight is 358 g/mol. The summed E-state index contributed by atoms with van der Waals surface area (Å²) in [5, 5.41) is 12.7. The van der Waals surface area contributed by atoms with Gasteiger partial charge in [-0.1, -0.05) is 79.8 Å². The van der Waals surface area contributed by atoms with Gasteiger partial charge < -0.3 is 4.98 Å². The topological polar surface area (TPSA) is 58.9 Å². The van der Waals surface area contributed by atoms with Crippen LogP contribution in [0.15, 0.2) is 78.9 Å². The van der Waals surface area contributed by atoms with Crippen molar-refractivity contribution in [2.75, 3.05) is 6.54 Å². The van der Waals surface area contributed by atoms with E-state index in [9.17, 15) is 10.1 Å². The molecule has 1 heterocycles. The summed E-state index contributed by atoms with van der Waals surface area (Å²) in [5.74, 6) is -0.236. The number of nitrogens with zero attached hydrogens (tertiary/aromatic N) is 1. The van der Waals surface area contributed by atoms with Crippen LogP contribution in [0.5, 0.6) is 0 Å². The molecule has 2 aromatic carbocycles. The van der Waals surface area contributed by atoms with Crippen molar-refractivity contribution in [2.24, 2.45) is 5.41 Å². The predicted octanol–water partition coefficient (Wildman–Crippen LogP) is 5.72. The number of hydrogen-bond donors (Lipinski definition) is 1. The Bertz CT molecular complexity index is 1030. The average Bonchev–Trinajstić information content (AvgIpc) is 3.06. The zero-order valence-electron chi connectivity index (χ0n) is 15.3. The zero-order chi connectivity index (χ0) is 18.9. The Morgan fingerprint density at radius 2 is 1.85 bits per heavy atom. The first-order chi connectivity index (χ1) is 13.1. The Balaban J connectivity index is 1.97. The van der Waals surface area contributed by atoms with Crippen LogP contribution >= 0.6 is 0 Å². The minimum atomic E-state index is -0.309. The van der Waals surface area contributed by atoms with E-state index in [1.165, 1.54) is 0 Å². The molecular formula is C23H22N2O2. The van der Waals surface area contributed by atoms with Gasteiger partial charge in [-0.15, -0.1) is 0 Å². The smallest absolute Gasteiger partial charge is 0.211 e. The Morgan fingerprint density at radius 1 is 1.11 bits per heavy atom. The number of nitrogens with one attached hydrogen (secondary N) is 1. The number of aromatic nitrogens is 1. The van der Waals surface area contributed by atoms with Crippen LogP contribution in [-0.2, 0) is 0 Å². The molecule has 1 N–H and O–H groups in total. The van der Waals surface area contributed by atoms with Gasteiger partial charge in [0.25, 0.3) is 0 Å². The van der Waals surface area contributed by atoms with Crippen molar-refractivity contribution >= 4 is 10.9 Å². The quantitative estimate of drug-likeness (QED) is 0.468. The second-order valence-corrected chi connectivity index (χ2v) is 7.39. The molecule has 27 heavy (non-hydrogen) atoms. The van der Waals surface area contributed by atoms with Crippen LogP contribution < -0.4 is 0 Å². The second-order valence-electron chi connectivity index (χ2n) is 7.39. The van der Waals surface area contributed by atoms with Crippen LogP contribution in [0.25, 0.3) is 22.2 Å². The summed E-state index contributed by atoms with van der Waals surface area (Å²) >= 11 is 0. The van der Waals surface area contributed by atoms with E-state index in [2.05, 4.69) is 42.3 Å². The van der Waals surface area contributed by atoms with Crippen LogP contribution in [0.4, 0.5) is 0 Å². The third-order valence-corrected chi connectivity index (χ3v) is 5.57. The highest BCUT2D eigenvalue weighted by atomic mass is 16.6. The largest absolute Gasteiger partial charge is 0.354 e. The van der Waals surface area contributed by atoms with Crippen LogP contribution in [0.3, 0.4) is 0 Å². The molecule has 1 aliphatic carbocycles. The summed E-state index contributed by atoms with van der Waals surface area (Å²) in [5.41, 5.74) is 3.77. The summed E-state index contributed by atoms with van der Waals surface area (Å²) in [7, 11) is 0. The highest BCUT2D eigenvalue weighted by Crippen LogP contribution is 2.47. The van der Waals surface area contributed by atoms with E-state index in [-0.39, 0.29) is 22.8 Å². The van der Waals surface area contributed by atoms with Gasteiger partial charge in [-0.25, -0.2) is 0 Å². The molecule has 0 spiro atoms. The van der Waals surface area contributed by atoms with Crippen molar-refractivity contribution in [1.82, 2.24) is 4.98 Å². The standard InChI is InChI=1S/C23H22N2O2/c1-23(14-8-3-9-15-23)19(16-25(26)27)21-18-12-6-7-13-20(18)24-22(21)17-10-4-2-5-11-17/h2-14,19,24H,15-16H2,1H3/t19-,23?/m0/s1. The molecule has 1 aliphatic rings. The van der Waals surface area contributed by atoms with E-state index < -0.39 is 0 Å². The fourth-order valence-corrected chi connectivity index (χ4v) is 4.14. The Hall–Kier alpha value is -3.14. The molecule has 0 radical (unpaired) electrons. The number of fused-ring (bicyclic) bond motifs is 1. The fraction of sp³-hybridized carbons (Fsp3) is 0.217. The molecule has 0 saturated heterocycles. The highest BCUT2D eigenvalue weighted by molar-refractivity contribution is 5.91. The molecule has 2 atom stereocenters. The van der Waals surface area contributed by atoms with Gasteiger partial charge in [0.05, 0.1) is 11.6 Å². The lowest BCUT2D eigenvalue weighted by atomic mass is 9.68. The van der Waals surface area contributed by atoms with E-state index in [1.807, 2.05) is 48.6 Å². The van der Waals surface area contributed by atoms with Crippen LogP contribution in [0.1, 0.15) is 24.8 Å². The van der Waals surface area contributed by atoms with Gasteiger partial charge in [0.1, 0.15) is 0 Å². The number of nitro groups is 1. The molecule has 4 heteroatoms. The summed E-state index contributed by atoms with van der Waals surface area (Å²) in [6.45, 7) is 2.02. The van der Waals surface area contributed by atoms with E-state index >= 15 is 0 Å². The van der Waals surface area contributed by atoms with Crippen molar-refractivity contribution < 1.29 is 4.92 Å². The number of H-pyrrole nitrogens is 1. The molecule has 3 aromatic rings. The lowest BCUT2D eigenvalue weighted by Gasteiger charge is -2.34. The first-order valence-corrected chi connectivity index (χ1v) is 9.21. The van der Waals surface area contributed by atoms with Crippen molar-refractivity contribution in [3.8, 4) is 11.3 Å². The number of para-hydroxylation sites is 1. The molecular weight excluding hydrogens is 336 g/mol. The summed E-state index contributed by atoms with van der Waals surface area (Å²) in [6.07, 6.45) is 9.03. The third-order valence-electron chi connectivity index (χ3n) is 5.57. The van der Waals surface area contributed by atoms with Gasteiger partial charge >= 0.3 is 0 Å². The predicted molar refractivity (Wildman–Crippen MR) is 109 cm³/mol. The second kappa shape index (κ2) is 6.88. The minimum absolute atomic E-state index is 0.101. The lowest BCUT2D eigenvalue weighted by molar-refractivity contribution is -0.485. The van der Waals surface area contributed by atoms with Crippen molar-refractivity contribution in [1.29, 1.82) is 0 Å². The zero-order valence-corrected chi connectivity index (χ0v) is 15.3. The molecule has 136 valence electrons. The van der Waals surface area contributed by atoms with E-state index in [0.29, 0.717) is 0 Å². The number of aromatic amines is 1. The van der Waals surface area contributed by atoms with Gasteiger partial charge in [-0.3, -0.25) is 10.1 Å². The minimum Gasteiger partial charge on any atom is -0.354 e. The molecule has 1 aromatic heterocycles. The highest BCUT2D eigenvalue weighted by Gasteiger charge is 2.39. The van der Waals surface area contributed by atoms with Gasteiger partial charge in [0.15, 0.2) is 0 Å². The van der Waals surface area contributed by atoms with Crippen LogP contribution in [0, 0.1) is 15.5 Å². The van der Waals surface area contributed by atoms with Crippen LogP contribution in [0.2, 0.25) is 0 Å². The number of hydrogen-bond acceptors (Lipinski definition) is 2. The Kier molecular flexibility index (Phi) is 4.40. The van der Waals surface area contributed by atoms with Crippen molar-refractivity contribution in [2.45, 2.75) is 19.3 Å². The number of allylic oxidation sites excluding steroid dienone is 4. The van der Waals surface area contributed by atoms with Crippen LogP contribution in [-0.4, -0.2) is 16.5 Å².